The van der Waals surface area contributed by atoms with Crippen molar-refractivity contribution in [3.63, 3.8) is 0 Å². The van der Waals surface area contributed by atoms with Crippen molar-refractivity contribution in [2.45, 2.75) is 13.3 Å². The highest BCUT2D eigenvalue weighted by atomic mass is 16.5. The van der Waals surface area contributed by atoms with Gasteiger partial charge in [-0.1, -0.05) is 19.1 Å². The van der Waals surface area contributed by atoms with Gasteiger partial charge in [0.25, 0.3) is 0 Å². The van der Waals surface area contributed by atoms with Gasteiger partial charge < -0.3 is 15.8 Å². The van der Waals surface area contributed by atoms with E-state index < -0.39 is 6.03 Å². The molecule has 0 aliphatic heterocycles. The smallest absolute Gasteiger partial charge is 0.326 e. The number of hydrogen-bond donors (Lipinski definition) is 3. The third kappa shape index (κ3) is 3.38. The molecule has 0 heterocycles. The van der Waals surface area contributed by atoms with Crippen LogP contribution in [0, 0.1) is 0 Å². The highest BCUT2D eigenvalue weighted by Gasteiger charge is 2.11. The minimum atomic E-state index is -0.447. The fourth-order valence-electron chi connectivity index (χ4n) is 1.50. The monoisotopic (exact) mass is 250 g/mol. The van der Waals surface area contributed by atoms with Crippen molar-refractivity contribution in [1.29, 1.82) is 0 Å². The van der Waals surface area contributed by atoms with E-state index in [-0.39, 0.29) is 5.96 Å². The Kier molecular flexibility index (Phi) is 4.98. The Morgan fingerprint density at radius 1 is 1.50 bits per heavy atom. The van der Waals surface area contributed by atoms with Gasteiger partial charge >= 0.3 is 6.03 Å². The summed E-state index contributed by atoms with van der Waals surface area (Å²) in [7, 11) is 3.05. The average Bonchev–Trinajstić information content (AvgIpc) is 2.38. The van der Waals surface area contributed by atoms with Crippen molar-refractivity contribution in [2.24, 2.45) is 10.7 Å². The Labute approximate surface area is 106 Å². The molecule has 0 bridgehead atoms. The third-order valence-electron chi connectivity index (χ3n) is 2.43. The number of nitrogens with zero attached hydrogens (tertiary/aromatic N) is 1. The number of ether oxygens (including phenoxy) is 1. The summed E-state index contributed by atoms with van der Waals surface area (Å²) in [6.45, 7) is 2.00. The van der Waals surface area contributed by atoms with Crippen LogP contribution in [-0.4, -0.2) is 26.1 Å². The Balaban J connectivity index is 2.92. The molecule has 98 valence electrons. The van der Waals surface area contributed by atoms with Gasteiger partial charge in [0, 0.05) is 7.05 Å². The van der Waals surface area contributed by atoms with Crippen molar-refractivity contribution in [3.05, 3.63) is 23.8 Å². The number of aliphatic imine (C=N–C) groups is 1. The summed E-state index contributed by atoms with van der Waals surface area (Å²) in [5.74, 6) is 0.664. The number of nitrogens with one attached hydrogen (secondary N) is 2. The van der Waals surface area contributed by atoms with E-state index in [1.165, 1.54) is 7.05 Å². The van der Waals surface area contributed by atoms with E-state index in [2.05, 4.69) is 15.6 Å². The van der Waals surface area contributed by atoms with Crippen LogP contribution in [0.4, 0.5) is 10.5 Å². The number of urea groups is 1. The van der Waals surface area contributed by atoms with E-state index in [1.807, 2.05) is 19.1 Å². The molecule has 0 aliphatic rings. The SMILES string of the molecule is CCc1cccc(OC)c1NC(=O)NC(N)=NC. The number of rotatable bonds is 3. The summed E-state index contributed by atoms with van der Waals surface area (Å²) in [6.07, 6.45) is 0.782. The predicted octanol–water partition coefficient (Wildman–Crippen LogP) is 1.32. The van der Waals surface area contributed by atoms with Crippen LogP contribution in [0.25, 0.3) is 0 Å². The van der Waals surface area contributed by atoms with Crippen LogP contribution >= 0.6 is 0 Å². The molecule has 1 aromatic carbocycles. The van der Waals surface area contributed by atoms with Gasteiger partial charge in [-0.25, -0.2) is 4.79 Å². The zero-order valence-electron chi connectivity index (χ0n) is 10.8. The van der Waals surface area contributed by atoms with Crippen LogP contribution in [0.1, 0.15) is 12.5 Å². The first-order valence-electron chi connectivity index (χ1n) is 5.58. The number of carbonyl (C=O) groups is 1. The van der Waals surface area contributed by atoms with Crippen molar-refractivity contribution < 1.29 is 9.53 Å². The molecule has 1 aromatic rings. The molecule has 6 nitrogen and oxygen atoms in total. The number of nitrogens with two attached hydrogens (primary N) is 1. The molecule has 0 unspecified atom stereocenters. The molecule has 0 spiro atoms. The maximum absolute atomic E-state index is 11.7. The number of anilines is 1. The molecule has 0 atom stereocenters. The Bertz CT molecular complexity index is 435. The number of hydrogen-bond acceptors (Lipinski definition) is 3. The Hall–Kier alpha value is -2.24. The van der Waals surface area contributed by atoms with Gasteiger partial charge in [0.1, 0.15) is 5.75 Å². The summed E-state index contributed by atoms with van der Waals surface area (Å²) < 4.78 is 5.22. The first-order chi connectivity index (χ1) is 8.62. The first-order valence-corrected chi connectivity index (χ1v) is 5.58. The van der Waals surface area contributed by atoms with E-state index in [4.69, 9.17) is 10.5 Å². The molecule has 0 aromatic heterocycles. The van der Waals surface area contributed by atoms with Crippen LogP contribution in [0.2, 0.25) is 0 Å². The Morgan fingerprint density at radius 3 is 2.78 bits per heavy atom. The maximum Gasteiger partial charge on any atom is 0.326 e. The summed E-state index contributed by atoms with van der Waals surface area (Å²) in [5.41, 5.74) is 7.04. The average molecular weight is 250 g/mol. The fourth-order valence-corrected chi connectivity index (χ4v) is 1.50. The molecule has 0 radical (unpaired) electrons. The summed E-state index contributed by atoms with van der Waals surface area (Å²) in [4.78, 5) is 15.3. The number of para-hydroxylation sites is 1. The lowest BCUT2D eigenvalue weighted by molar-refractivity contribution is 0.256. The number of benzene rings is 1. The number of amides is 2. The van der Waals surface area contributed by atoms with Gasteiger partial charge in [-0.05, 0) is 18.1 Å². The van der Waals surface area contributed by atoms with Gasteiger partial charge in [0.2, 0.25) is 0 Å². The van der Waals surface area contributed by atoms with Crippen LogP contribution in [0.15, 0.2) is 23.2 Å². The van der Waals surface area contributed by atoms with E-state index in [0.717, 1.165) is 12.0 Å². The van der Waals surface area contributed by atoms with Gasteiger partial charge in [-0.15, -0.1) is 0 Å². The largest absolute Gasteiger partial charge is 0.495 e. The van der Waals surface area contributed by atoms with Crippen LogP contribution in [-0.2, 0) is 6.42 Å². The van der Waals surface area contributed by atoms with Gasteiger partial charge in [-0.2, -0.15) is 0 Å². The van der Waals surface area contributed by atoms with Gasteiger partial charge in [0.15, 0.2) is 5.96 Å². The Morgan fingerprint density at radius 2 is 2.22 bits per heavy atom. The van der Waals surface area contributed by atoms with Gasteiger partial charge in [0.05, 0.1) is 12.8 Å². The molecule has 18 heavy (non-hydrogen) atoms. The molecule has 0 saturated carbocycles. The summed E-state index contributed by atoms with van der Waals surface area (Å²) in [5, 5.41) is 5.11. The second-order valence-electron chi connectivity index (χ2n) is 3.54. The summed E-state index contributed by atoms with van der Waals surface area (Å²) in [6, 6.07) is 5.14. The predicted molar refractivity (Wildman–Crippen MR) is 72.1 cm³/mol. The molecule has 0 saturated heterocycles. The molecule has 0 fully saturated rings. The zero-order chi connectivity index (χ0) is 13.5. The molecule has 4 N–H and O–H groups in total. The lowest BCUT2D eigenvalue weighted by atomic mass is 10.1. The molecule has 2 amide bonds. The first kappa shape index (κ1) is 13.8. The minimum Gasteiger partial charge on any atom is -0.495 e. The van der Waals surface area contributed by atoms with Crippen molar-refractivity contribution in [1.82, 2.24) is 5.32 Å². The maximum atomic E-state index is 11.7. The van der Waals surface area contributed by atoms with E-state index in [0.29, 0.717) is 11.4 Å². The van der Waals surface area contributed by atoms with Gasteiger partial charge in [-0.3, -0.25) is 10.3 Å². The van der Waals surface area contributed by atoms with Crippen molar-refractivity contribution >= 4 is 17.7 Å². The number of methoxy groups -OCH3 is 1. The number of carbonyl (C=O) groups excluding carboxylic acids is 1. The molecule has 6 heteroatoms. The number of aryl methyl sites for hydroxylation is 1. The lowest BCUT2D eigenvalue weighted by Crippen LogP contribution is -2.39. The lowest BCUT2D eigenvalue weighted by Gasteiger charge is -2.14. The normalized spacial score (nSPS) is 10.9. The second-order valence-corrected chi connectivity index (χ2v) is 3.54. The van der Waals surface area contributed by atoms with Crippen molar-refractivity contribution in [3.8, 4) is 5.75 Å². The second kappa shape index (κ2) is 6.48. The van der Waals surface area contributed by atoms with E-state index >= 15 is 0 Å². The minimum absolute atomic E-state index is 0.0560. The topological polar surface area (TPSA) is 88.7 Å². The van der Waals surface area contributed by atoms with Crippen LogP contribution in [0.5, 0.6) is 5.75 Å². The molecular weight excluding hydrogens is 232 g/mol. The zero-order valence-corrected chi connectivity index (χ0v) is 10.8. The molecule has 0 aliphatic carbocycles. The van der Waals surface area contributed by atoms with Crippen molar-refractivity contribution in [2.75, 3.05) is 19.5 Å². The van der Waals surface area contributed by atoms with Crippen LogP contribution < -0.4 is 21.1 Å². The molecule has 1 rings (SSSR count). The number of guanidine groups is 1. The van der Waals surface area contributed by atoms with E-state index in [1.54, 1.807) is 13.2 Å². The standard InChI is InChI=1S/C12H18N4O2/c1-4-8-6-5-7-9(18-3)10(8)15-12(17)16-11(13)14-2/h5-7H,4H2,1-3H3,(H4,13,14,15,16,17). The fraction of sp³-hybridized carbons (Fsp3) is 0.333. The third-order valence-corrected chi connectivity index (χ3v) is 2.43. The summed E-state index contributed by atoms with van der Waals surface area (Å²) >= 11 is 0. The highest BCUT2D eigenvalue weighted by Crippen LogP contribution is 2.28. The van der Waals surface area contributed by atoms with Crippen LogP contribution in [0.3, 0.4) is 0 Å². The highest BCUT2D eigenvalue weighted by molar-refractivity contribution is 6.02. The molecular formula is C12H18N4O2. The quantitative estimate of drug-likeness (QED) is 0.558. The van der Waals surface area contributed by atoms with E-state index in [9.17, 15) is 4.79 Å².